The Kier molecular flexibility index (Phi) is 6.71. The maximum Gasteiger partial charge on any atom is 0.00106 e. The number of hydrogen-bond acceptors (Lipinski definition) is 2. The molecule has 0 aromatic rings. The van der Waals surface area contributed by atoms with Crippen LogP contribution in [0.25, 0.3) is 0 Å². The van der Waals surface area contributed by atoms with Crippen molar-refractivity contribution in [2.24, 2.45) is 11.8 Å². The first-order valence-corrected chi connectivity index (χ1v) is 6.77. The molecule has 2 saturated heterocycles. The zero-order chi connectivity index (χ0) is 10.5. The molecule has 3 heteroatoms. The summed E-state index contributed by atoms with van der Waals surface area (Å²) in [6.07, 6.45) is 7.08. The van der Waals surface area contributed by atoms with Crippen LogP contribution >= 0.6 is 12.4 Å². The van der Waals surface area contributed by atoms with Crippen molar-refractivity contribution in [2.45, 2.75) is 39.0 Å². The highest BCUT2D eigenvalue weighted by Crippen LogP contribution is 2.19. The number of likely N-dealkylation sites (tertiary alicyclic amines) is 1. The highest BCUT2D eigenvalue weighted by molar-refractivity contribution is 5.85. The van der Waals surface area contributed by atoms with Gasteiger partial charge in [-0.2, -0.15) is 0 Å². The van der Waals surface area contributed by atoms with Crippen molar-refractivity contribution >= 4 is 12.4 Å². The van der Waals surface area contributed by atoms with E-state index >= 15 is 0 Å². The Balaban J connectivity index is 0.00000128. The number of nitrogens with one attached hydrogen (secondary N) is 1. The van der Waals surface area contributed by atoms with Gasteiger partial charge in [-0.05, 0) is 70.1 Å². The molecule has 1 unspecified atom stereocenters. The summed E-state index contributed by atoms with van der Waals surface area (Å²) in [7, 11) is 0. The fourth-order valence-corrected chi connectivity index (χ4v) is 2.93. The first kappa shape index (κ1) is 14.3. The number of rotatable bonds is 2. The standard InChI is InChI=1S/C13H26N2.ClH/c1-12-3-2-9-15(10-6-12)11-13-4-7-14-8-5-13;/h12-14H,2-11H2,1H3;1H. The lowest BCUT2D eigenvalue weighted by Gasteiger charge is -2.29. The maximum atomic E-state index is 3.45. The van der Waals surface area contributed by atoms with Crippen LogP contribution in [0.5, 0.6) is 0 Å². The van der Waals surface area contributed by atoms with Crippen LogP contribution in [0.2, 0.25) is 0 Å². The quantitative estimate of drug-likeness (QED) is 0.806. The molecule has 0 spiro atoms. The van der Waals surface area contributed by atoms with Crippen LogP contribution in [0.1, 0.15) is 39.0 Å². The van der Waals surface area contributed by atoms with E-state index in [4.69, 9.17) is 0 Å². The van der Waals surface area contributed by atoms with Crippen molar-refractivity contribution in [1.29, 1.82) is 0 Å². The van der Waals surface area contributed by atoms with E-state index in [9.17, 15) is 0 Å². The van der Waals surface area contributed by atoms with Gasteiger partial charge in [-0.1, -0.05) is 6.92 Å². The van der Waals surface area contributed by atoms with Gasteiger partial charge in [-0.15, -0.1) is 12.4 Å². The highest BCUT2D eigenvalue weighted by atomic mass is 35.5. The Morgan fingerprint density at radius 2 is 1.81 bits per heavy atom. The molecule has 1 N–H and O–H groups in total. The van der Waals surface area contributed by atoms with Gasteiger partial charge in [0.05, 0.1) is 0 Å². The van der Waals surface area contributed by atoms with Gasteiger partial charge in [-0.3, -0.25) is 0 Å². The molecule has 2 aliphatic rings. The Bertz CT molecular complexity index is 181. The molecule has 0 amide bonds. The minimum absolute atomic E-state index is 0. The predicted molar refractivity (Wildman–Crippen MR) is 72.3 cm³/mol. The molecule has 0 aliphatic carbocycles. The third-order valence-electron chi connectivity index (χ3n) is 4.08. The molecule has 2 fully saturated rings. The molecule has 2 aliphatic heterocycles. The monoisotopic (exact) mass is 246 g/mol. The van der Waals surface area contributed by atoms with E-state index in [1.54, 1.807) is 0 Å². The lowest BCUT2D eigenvalue weighted by molar-refractivity contribution is 0.210. The van der Waals surface area contributed by atoms with Crippen LogP contribution in [0.15, 0.2) is 0 Å². The number of hydrogen-bond donors (Lipinski definition) is 1. The number of nitrogens with zero attached hydrogens (tertiary/aromatic N) is 1. The van der Waals surface area contributed by atoms with Crippen molar-refractivity contribution < 1.29 is 0 Å². The molecule has 0 aromatic carbocycles. The van der Waals surface area contributed by atoms with Crippen LogP contribution in [0.4, 0.5) is 0 Å². The summed E-state index contributed by atoms with van der Waals surface area (Å²) in [4.78, 5) is 2.72. The molecule has 0 aromatic heterocycles. The van der Waals surface area contributed by atoms with E-state index in [0.717, 1.165) is 11.8 Å². The van der Waals surface area contributed by atoms with E-state index in [1.807, 2.05) is 0 Å². The Morgan fingerprint density at radius 3 is 2.56 bits per heavy atom. The van der Waals surface area contributed by atoms with Crippen LogP contribution in [0.3, 0.4) is 0 Å². The average molecular weight is 247 g/mol. The van der Waals surface area contributed by atoms with Gasteiger partial charge in [0.1, 0.15) is 0 Å². The van der Waals surface area contributed by atoms with Gasteiger partial charge in [0.2, 0.25) is 0 Å². The van der Waals surface area contributed by atoms with Crippen molar-refractivity contribution in [2.75, 3.05) is 32.7 Å². The van der Waals surface area contributed by atoms with Crippen molar-refractivity contribution in [3.05, 3.63) is 0 Å². The normalized spacial score (nSPS) is 29.4. The minimum atomic E-state index is 0. The molecule has 0 radical (unpaired) electrons. The Morgan fingerprint density at radius 1 is 1.06 bits per heavy atom. The zero-order valence-corrected chi connectivity index (χ0v) is 11.4. The molecule has 2 heterocycles. The molecule has 0 bridgehead atoms. The van der Waals surface area contributed by atoms with E-state index in [-0.39, 0.29) is 12.4 Å². The van der Waals surface area contributed by atoms with Crippen molar-refractivity contribution in [3.63, 3.8) is 0 Å². The maximum absolute atomic E-state index is 3.45. The summed E-state index contributed by atoms with van der Waals surface area (Å²) in [5.74, 6) is 1.93. The van der Waals surface area contributed by atoms with Crippen LogP contribution in [-0.4, -0.2) is 37.6 Å². The lowest BCUT2D eigenvalue weighted by Crippen LogP contribution is -2.36. The highest BCUT2D eigenvalue weighted by Gasteiger charge is 2.19. The summed E-state index contributed by atoms with van der Waals surface area (Å²) < 4.78 is 0. The first-order chi connectivity index (χ1) is 7.34. The average Bonchev–Trinajstić information content (AvgIpc) is 2.46. The molecular weight excluding hydrogens is 220 g/mol. The molecular formula is C13H27ClN2. The fourth-order valence-electron chi connectivity index (χ4n) is 2.93. The molecule has 16 heavy (non-hydrogen) atoms. The SMILES string of the molecule is CC1CCCN(CC2CCNCC2)CC1.Cl. The topological polar surface area (TPSA) is 15.3 Å². The van der Waals surface area contributed by atoms with E-state index in [0.29, 0.717) is 0 Å². The second-order valence-electron chi connectivity index (χ2n) is 5.53. The molecule has 1 atom stereocenters. The van der Waals surface area contributed by atoms with Crippen molar-refractivity contribution in [1.82, 2.24) is 10.2 Å². The van der Waals surface area contributed by atoms with Gasteiger partial charge < -0.3 is 10.2 Å². The molecule has 96 valence electrons. The van der Waals surface area contributed by atoms with Crippen LogP contribution in [-0.2, 0) is 0 Å². The lowest BCUT2D eigenvalue weighted by atomic mass is 9.97. The largest absolute Gasteiger partial charge is 0.317 e. The predicted octanol–water partition coefficient (Wildman–Crippen LogP) is 2.53. The van der Waals surface area contributed by atoms with Gasteiger partial charge in [0, 0.05) is 6.54 Å². The second-order valence-corrected chi connectivity index (χ2v) is 5.53. The third-order valence-corrected chi connectivity index (χ3v) is 4.08. The smallest absolute Gasteiger partial charge is 0.00106 e. The van der Waals surface area contributed by atoms with E-state index < -0.39 is 0 Å². The van der Waals surface area contributed by atoms with Gasteiger partial charge in [0.25, 0.3) is 0 Å². The number of halogens is 1. The molecule has 2 rings (SSSR count). The minimum Gasteiger partial charge on any atom is -0.317 e. The van der Waals surface area contributed by atoms with E-state index in [2.05, 4.69) is 17.1 Å². The Hall–Kier alpha value is 0.210. The summed E-state index contributed by atoms with van der Waals surface area (Å²) in [6.45, 7) is 8.98. The van der Waals surface area contributed by atoms with E-state index in [1.165, 1.54) is 64.8 Å². The number of piperidine rings is 1. The second kappa shape index (κ2) is 7.52. The first-order valence-electron chi connectivity index (χ1n) is 6.77. The summed E-state index contributed by atoms with van der Waals surface area (Å²) in [5.41, 5.74) is 0. The van der Waals surface area contributed by atoms with Crippen LogP contribution in [0, 0.1) is 11.8 Å². The van der Waals surface area contributed by atoms with Crippen LogP contribution < -0.4 is 5.32 Å². The van der Waals surface area contributed by atoms with Gasteiger partial charge in [-0.25, -0.2) is 0 Å². The summed E-state index contributed by atoms with van der Waals surface area (Å²) >= 11 is 0. The van der Waals surface area contributed by atoms with Gasteiger partial charge in [0.15, 0.2) is 0 Å². The summed E-state index contributed by atoms with van der Waals surface area (Å²) in [5, 5.41) is 3.45. The fraction of sp³-hybridized carbons (Fsp3) is 1.00. The third kappa shape index (κ3) is 4.60. The molecule has 0 saturated carbocycles. The summed E-state index contributed by atoms with van der Waals surface area (Å²) in [6, 6.07) is 0. The van der Waals surface area contributed by atoms with Crippen molar-refractivity contribution in [3.8, 4) is 0 Å². The Labute approximate surface area is 107 Å². The zero-order valence-electron chi connectivity index (χ0n) is 10.6. The molecule has 2 nitrogen and oxygen atoms in total. The van der Waals surface area contributed by atoms with Gasteiger partial charge >= 0.3 is 0 Å².